The Morgan fingerprint density at radius 2 is 2.11 bits per heavy atom. The van der Waals surface area contributed by atoms with Gasteiger partial charge >= 0.3 is 0 Å². The van der Waals surface area contributed by atoms with E-state index in [4.69, 9.17) is 10.5 Å². The molecule has 19 heavy (non-hydrogen) atoms. The van der Waals surface area contributed by atoms with Crippen molar-refractivity contribution in [1.29, 1.82) is 0 Å². The van der Waals surface area contributed by atoms with Gasteiger partial charge in [-0.15, -0.1) is 0 Å². The highest BCUT2D eigenvalue weighted by atomic mass is 32.2. The molecule has 2 rings (SSSR count). The van der Waals surface area contributed by atoms with Crippen LogP contribution in [0.4, 0.5) is 5.69 Å². The van der Waals surface area contributed by atoms with E-state index in [1.54, 1.807) is 19.2 Å². The van der Waals surface area contributed by atoms with E-state index in [1.807, 2.05) is 31.2 Å². The SMILES string of the molecule is COc1cccc(CS(=O)c2cc(C)ccc2N)n1. The lowest BCUT2D eigenvalue weighted by Crippen LogP contribution is -2.03. The molecule has 0 radical (unpaired) electrons. The molecule has 1 unspecified atom stereocenters. The van der Waals surface area contributed by atoms with Crippen LogP contribution in [0.1, 0.15) is 11.3 Å². The first-order chi connectivity index (χ1) is 9.10. The van der Waals surface area contributed by atoms with Gasteiger partial charge in [-0.3, -0.25) is 4.21 Å². The van der Waals surface area contributed by atoms with Gasteiger partial charge in [0, 0.05) is 11.8 Å². The van der Waals surface area contributed by atoms with Crippen LogP contribution in [-0.2, 0) is 16.6 Å². The number of anilines is 1. The van der Waals surface area contributed by atoms with Crippen LogP contribution >= 0.6 is 0 Å². The molecule has 1 heterocycles. The van der Waals surface area contributed by atoms with Crippen molar-refractivity contribution in [2.45, 2.75) is 17.6 Å². The molecule has 5 heteroatoms. The number of hydrogen-bond acceptors (Lipinski definition) is 4. The largest absolute Gasteiger partial charge is 0.481 e. The van der Waals surface area contributed by atoms with Crippen molar-refractivity contribution in [1.82, 2.24) is 4.98 Å². The highest BCUT2D eigenvalue weighted by molar-refractivity contribution is 7.84. The number of methoxy groups -OCH3 is 1. The fraction of sp³-hybridized carbons (Fsp3) is 0.214. The lowest BCUT2D eigenvalue weighted by Gasteiger charge is -2.07. The van der Waals surface area contributed by atoms with Crippen molar-refractivity contribution in [2.24, 2.45) is 0 Å². The quantitative estimate of drug-likeness (QED) is 0.870. The zero-order valence-electron chi connectivity index (χ0n) is 10.9. The molecule has 0 bridgehead atoms. The molecule has 0 fully saturated rings. The van der Waals surface area contributed by atoms with Gasteiger partial charge < -0.3 is 10.5 Å². The second kappa shape index (κ2) is 5.84. The van der Waals surface area contributed by atoms with Crippen molar-refractivity contribution in [3.8, 4) is 5.88 Å². The molecule has 1 aromatic carbocycles. The van der Waals surface area contributed by atoms with E-state index in [-0.39, 0.29) is 0 Å². The number of hydrogen-bond donors (Lipinski definition) is 1. The molecule has 0 aliphatic heterocycles. The Labute approximate surface area is 115 Å². The Kier molecular flexibility index (Phi) is 4.16. The van der Waals surface area contributed by atoms with Gasteiger partial charge in [0.15, 0.2) is 0 Å². The molecule has 0 spiro atoms. The third kappa shape index (κ3) is 3.32. The third-order valence-corrected chi connectivity index (χ3v) is 4.09. The molecule has 0 saturated heterocycles. The standard InChI is InChI=1S/C14H16N2O2S/c1-10-6-7-12(15)13(8-10)19(17)9-11-4-3-5-14(16-11)18-2/h3-8H,9,15H2,1-2H3. The predicted octanol–water partition coefficient (Wildman–Crippen LogP) is 2.29. The van der Waals surface area contributed by atoms with E-state index in [0.717, 1.165) is 11.3 Å². The zero-order valence-corrected chi connectivity index (χ0v) is 11.7. The third-order valence-electron chi connectivity index (χ3n) is 2.68. The molecule has 4 nitrogen and oxygen atoms in total. The predicted molar refractivity (Wildman–Crippen MR) is 76.5 cm³/mol. The van der Waals surface area contributed by atoms with Crippen molar-refractivity contribution >= 4 is 16.5 Å². The molecule has 1 atom stereocenters. The van der Waals surface area contributed by atoms with Crippen LogP contribution in [0.25, 0.3) is 0 Å². The van der Waals surface area contributed by atoms with E-state index in [1.165, 1.54) is 0 Å². The second-order valence-corrected chi connectivity index (χ2v) is 5.62. The minimum atomic E-state index is -1.21. The smallest absolute Gasteiger partial charge is 0.213 e. The molecule has 0 amide bonds. The Morgan fingerprint density at radius 3 is 2.84 bits per heavy atom. The van der Waals surface area contributed by atoms with Crippen LogP contribution in [0, 0.1) is 6.92 Å². The summed E-state index contributed by atoms with van der Waals surface area (Å²) >= 11 is 0. The van der Waals surface area contributed by atoms with Crippen molar-refractivity contribution in [3.63, 3.8) is 0 Å². The summed E-state index contributed by atoms with van der Waals surface area (Å²) in [5.74, 6) is 0.844. The Bertz CT molecular complexity index is 614. The Morgan fingerprint density at radius 1 is 1.32 bits per heavy atom. The van der Waals surface area contributed by atoms with E-state index in [2.05, 4.69) is 4.98 Å². The molecule has 0 saturated carbocycles. The number of rotatable bonds is 4. The zero-order chi connectivity index (χ0) is 13.8. The lowest BCUT2D eigenvalue weighted by molar-refractivity contribution is 0.397. The highest BCUT2D eigenvalue weighted by Gasteiger charge is 2.10. The molecule has 100 valence electrons. The average molecular weight is 276 g/mol. The molecule has 0 aliphatic rings. The Hall–Kier alpha value is -1.88. The summed E-state index contributed by atoms with van der Waals surface area (Å²) in [7, 11) is 0.348. The number of pyridine rings is 1. The Balaban J connectivity index is 2.23. The van der Waals surface area contributed by atoms with Gasteiger partial charge in [0.1, 0.15) is 0 Å². The first-order valence-electron chi connectivity index (χ1n) is 5.84. The molecular formula is C14H16N2O2S. The summed E-state index contributed by atoms with van der Waals surface area (Å²) in [6, 6.07) is 10.9. The van der Waals surface area contributed by atoms with Gasteiger partial charge in [0.25, 0.3) is 0 Å². The first kappa shape index (κ1) is 13.5. The summed E-state index contributed by atoms with van der Waals surface area (Å²) < 4.78 is 17.4. The van der Waals surface area contributed by atoms with E-state index >= 15 is 0 Å². The topological polar surface area (TPSA) is 65.2 Å². The van der Waals surface area contributed by atoms with Crippen LogP contribution in [0.3, 0.4) is 0 Å². The van der Waals surface area contributed by atoms with Gasteiger partial charge in [-0.05, 0) is 30.7 Å². The number of benzene rings is 1. The van der Waals surface area contributed by atoms with Gasteiger partial charge in [0.2, 0.25) is 5.88 Å². The fourth-order valence-electron chi connectivity index (χ4n) is 1.70. The summed E-state index contributed by atoms with van der Waals surface area (Å²) in [4.78, 5) is 4.91. The van der Waals surface area contributed by atoms with Crippen LogP contribution in [0.5, 0.6) is 5.88 Å². The first-order valence-corrected chi connectivity index (χ1v) is 7.16. The fourth-order valence-corrected chi connectivity index (χ4v) is 2.94. The summed E-state index contributed by atoms with van der Waals surface area (Å²) in [5, 5.41) is 0. The number of nitrogens with zero attached hydrogens (tertiary/aromatic N) is 1. The van der Waals surface area contributed by atoms with Crippen LogP contribution in [0.2, 0.25) is 0 Å². The van der Waals surface area contributed by atoms with Crippen molar-refractivity contribution in [3.05, 3.63) is 47.7 Å². The van der Waals surface area contributed by atoms with Gasteiger partial charge in [-0.2, -0.15) is 0 Å². The molecule has 1 aromatic heterocycles. The lowest BCUT2D eigenvalue weighted by atomic mass is 10.2. The molecular weight excluding hydrogens is 260 g/mol. The summed E-state index contributed by atoms with van der Waals surface area (Å²) in [6.45, 7) is 1.95. The molecule has 2 N–H and O–H groups in total. The maximum absolute atomic E-state index is 12.3. The number of nitrogen functional groups attached to an aromatic ring is 1. The number of aryl methyl sites for hydroxylation is 1. The van der Waals surface area contributed by atoms with Crippen molar-refractivity contribution < 1.29 is 8.95 Å². The van der Waals surface area contributed by atoms with Crippen molar-refractivity contribution in [2.75, 3.05) is 12.8 Å². The van der Waals surface area contributed by atoms with Crippen LogP contribution in [-0.4, -0.2) is 16.3 Å². The monoisotopic (exact) mass is 276 g/mol. The van der Waals surface area contributed by atoms with Crippen LogP contribution in [0.15, 0.2) is 41.3 Å². The van der Waals surface area contributed by atoms with Gasteiger partial charge in [0.05, 0.1) is 34.3 Å². The maximum Gasteiger partial charge on any atom is 0.213 e. The van der Waals surface area contributed by atoms with Gasteiger partial charge in [-0.25, -0.2) is 4.98 Å². The normalized spacial score (nSPS) is 12.1. The van der Waals surface area contributed by atoms with Gasteiger partial charge in [-0.1, -0.05) is 12.1 Å². The maximum atomic E-state index is 12.3. The number of nitrogens with two attached hydrogens (primary N) is 1. The highest BCUT2D eigenvalue weighted by Crippen LogP contribution is 2.20. The summed E-state index contributed by atoms with van der Waals surface area (Å²) in [6.07, 6.45) is 0. The van der Waals surface area contributed by atoms with Crippen LogP contribution < -0.4 is 10.5 Å². The second-order valence-electron chi connectivity index (χ2n) is 4.20. The summed E-state index contributed by atoms with van der Waals surface area (Å²) in [5.41, 5.74) is 8.17. The van der Waals surface area contributed by atoms with E-state index in [9.17, 15) is 4.21 Å². The minimum absolute atomic E-state index is 0.324. The minimum Gasteiger partial charge on any atom is -0.481 e. The number of ether oxygens (including phenoxy) is 1. The van der Waals surface area contributed by atoms with E-state index in [0.29, 0.717) is 22.2 Å². The van der Waals surface area contributed by atoms with E-state index < -0.39 is 10.8 Å². The number of aromatic nitrogens is 1. The molecule has 0 aliphatic carbocycles. The average Bonchev–Trinajstić information content (AvgIpc) is 2.41. The molecule has 2 aromatic rings.